The third-order valence-electron chi connectivity index (χ3n) is 4.56. The van der Waals surface area contributed by atoms with Crippen molar-refractivity contribution in [2.75, 3.05) is 23.3 Å². The number of H-pyrrole nitrogens is 1. The molecule has 2 heterocycles. The van der Waals surface area contributed by atoms with Crippen molar-refractivity contribution < 1.29 is 4.79 Å². The second kappa shape index (κ2) is 9.30. The Hall–Kier alpha value is -2.96. The van der Waals surface area contributed by atoms with E-state index < -0.39 is 0 Å². The second-order valence-corrected chi connectivity index (χ2v) is 6.74. The first-order valence-corrected chi connectivity index (χ1v) is 10.0. The number of carbonyl (C=O) groups is 1. The van der Waals surface area contributed by atoms with Crippen LogP contribution < -0.4 is 10.2 Å². The lowest BCUT2D eigenvalue weighted by Gasteiger charge is -2.23. The molecule has 1 aliphatic rings. The number of nitrogens with zero attached hydrogens (tertiary/aromatic N) is 4. The normalized spacial score (nSPS) is 13.0. The zero-order chi connectivity index (χ0) is 19.9. The third kappa shape index (κ3) is 4.85. The molecule has 1 amide bonds. The number of hydrogen-bond acceptors (Lipinski definition) is 5. The van der Waals surface area contributed by atoms with Crippen LogP contribution in [0.25, 0.3) is 11.0 Å². The van der Waals surface area contributed by atoms with Gasteiger partial charge in [-0.15, -0.1) is 0 Å². The highest BCUT2D eigenvalue weighted by atomic mass is 16.1. The van der Waals surface area contributed by atoms with Crippen LogP contribution in [0, 0.1) is 5.92 Å². The SMILES string of the molecule is CC.CCCN(CC1CC1)c1cc(C(=O)Nc2ccc3nc[nH]c3c2)ncn1. The van der Waals surface area contributed by atoms with Gasteiger partial charge in [0.15, 0.2) is 0 Å². The van der Waals surface area contributed by atoms with Gasteiger partial charge in [-0.25, -0.2) is 15.0 Å². The van der Waals surface area contributed by atoms with Gasteiger partial charge in [0.25, 0.3) is 5.91 Å². The number of benzene rings is 1. The number of imidazole rings is 1. The standard InChI is InChI=1S/C19H22N6O.C2H6/c1-2-7-25(10-13-3-4-13)18-9-17(22-12-23-18)19(26)24-14-5-6-15-16(8-14)21-11-20-15;1-2/h5-6,8-9,11-13H,2-4,7,10H2,1H3,(H,20,21)(H,24,26);1-2H3. The monoisotopic (exact) mass is 380 g/mol. The van der Waals surface area contributed by atoms with Crippen molar-refractivity contribution in [1.82, 2.24) is 19.9 Å². The molecule has 7 heteroatoms. The minimum atomic E-state index is -0.240. The number of anilines is 2. The Bertz CT molecular complexity index is 918. The van der Waals surface area contributed by atoms with Gasteiger partial charge in [-0.2, -0.15) is 0 Å². The molecular formula is C21H28N6O. The fraction of sp³-hybridized carbons (Fsp3) is 0.429. The smallest absolute Gasteiger partial charge is 0.274 e. The van der Waals surface area contributed by atoms with Crippen LogP contribution in [0.4, 0.5) is 11.5 Å². The number of fused-ring (bicyclic) bond motifs is 1. The van der Waals surface area contributed by atoms with Crippen LogP contribution in [0.1, 0.15) is 50.5 Å². The Kier molecular flexibility index (Phi) is 6.57. The lowest BCUT2D eigenvalue weighted by Crippen LogP contribution is -2.28. The molecule has 0 bridgehead atoms. The minimum Gasteiger partial charge on any atom is -0.356 e. The van der Waals surface area contributed by atoms with E-state index in [1.165, 1.54) is 19.2 Å². The van der Waals surface area contributed by atoms with Crippen LogP contribution in [0.2, 0.25) is 0 Å². The molecule has 1 saturated carbocycles. The summed E-state index contributed by atoms with van der Waals surface area (Å²) in [7, 11) is 0. The van der Waals surface area contributed by atoms with Gasteiger partial charge < -0.3 is 15.2 Å². The van der Waals surface area contributed by atoms with Crippen molar-refractivity contribution in [3.05, 3.63) is 42.6 Å². The van der Waals surface area contributed by atoms with E-state index in [9.17, 15) is 4.79 Å². The third-order valence-corrected chi connectivity index (χ3v) is 4.56. The number of rotatable bonds is 7. The molecule has 4 rings (SSSR count). The van der Waals surface area contributed by atoms with E-state index in [2.05, 4.69) is 37.1 Å². The molecule has 2 aromatic heterocycles. The second-order valence-electron chi connectivity index (χ2n) is 6.74. The Labute approximate surface area is 165 Å². The Morgan fingerprint density at radius 1 is 1.21 bits per heavy atom. The van der Waals surface area contributed by atoms with Crippen LogP contribution in [0.15, 0.2) is 36.9 Å². The molecule has 0 saturated heterocycles. The zero-order valence-corrected chi connectivity index (χ0v) is 16.8. The largest absolute Gasteiger partial charge is 0.356 e. The maximum absolute atomic E-state index is 12.6. The van der Waals surface area contributed by atoms with Crippen molar-refractivity contribution in [3.63, 3.8) is 0 Å². The van der Waals surface area contributed by atoms with E-state index in [0.717, 1.165) is 42.3 Å². The van der Waals surface area contributed by atoms with Crippen molar-refractivity contribution in [3.8, 4) is 0 Å². The molecule has 0 radical (unpaired) electrons. The summed E-state index contributed by atoms with van der Waals surface area (Å²) in [5.74, 6) is 1.34. The minimum absolute atomic E-state index is 0.240. The first-order valence-electron chi connectivity index (χ1n) is 10.0. The highest BCUT2D eigenvalue weighted by molar-refractivity contribution is 6.04. The van der Waals surface area contributed by atoms with Gasteiger partial charge in [-0.1, -0.05) is 20.8 Å². The summed E-state index contributed by atoms with van der Waals surface area (Å²) in [5.41, 5.74) is 2.82. The van der Waals surface area contributed by atoms with Gasteiger partial charge in [-0.05, 0) is 43.4 Å². The average molecular weight is 380 g/mol. The highest BCUT2D eigenvalue weighted by Gasteiger charge is 2.25. The summed E-state index contributed by atoms with van der Waals surface area (Å²) in [5, 5.41) is 2.90. The number of carbonyl (C=O) groups excluding carboxylic acids is 1. The molecular weight excluding hydrogens is 352 g/mol. The van der Waals surface area contributed by atoms with Crippen molar-refractivity contribution in [1.29, 1.82) is 0 Å². The molecule has 0 aliphatic heterocycles. The summed E-state index contributed by atoms with van der Waals surface area (Å²) >= 11 is 0. The number of hydrogen-bond donors (Lipinski definition) is 2. The lowest BCUT2D eigenvalue weighted by molar-refractivity contribution is 0.102. The molecule has 1 aliphatic carbocycles. The van der Waals surface area contributed by atoms with Gasteiger partial charge in [0.05, 0.1) is 17.4 Å². The van der Waals surface area contributed by atoms with Crippen LogP contribution in [-0.2, 0) is 0 Å². The molecule has 7 nitrogen and oxygen atoms in total. The first-order chi connectivity index (χ1) is 13.7. The summed E-state index contributed by atoms with van der Waals surface area (Å²) in [6.07, 6.45) is 6.72. The predicted octanol–water partition coefficient (Wildman–Crippen LogP) is 4.26. The zero-order valence-electron chi connectivity index (χ0n) is 16.8. The summed E-state index contributed by atoms with van der Waals surface area (Å²) in [4.78, 5) is 30.6. The van der Waals surface area contributed by atoms with Gasteiger partial charge in [0.2, 0.25) is 0 Å². The van der Waals surface area contributed by atoms with Gasteiger partial charge in [0.1, 0.15) is 17.8 Å². The number of amides is 1. The van der Waals surface area contributed by atoms with E-state index >= 15 is 0 Å². The van der Waals surface area contributed by atoms with Crippen LogP contribution in [-0.4, -0.2) is 38.9 Å². The Balaban J connectivity index is 0.00000109. The summed E-state index contributed by atoms with van der Waals surface area (Å²) in [6, 6.07) is 7.34. The first kappa shape index (κ1) is 19.8. The molecule has 3 aromatic rings. The average Bonchev–Trinajstić information content (AvgIpc) is 3.43. The maximum Gasteiger partial charge on any atom is 0.274 e. The maximum atomic E-state index is 12.6. The van der Waals surface area contributed by atoms with Crippen LogP contribution >= 0.6 is 0 Å². The summed E-state index contributed by atoms with van der Waals surface area (Å²) in [6.45, 7) is 8.09. The van der Waals surface area contributed by atoms with E-state index in [-0.39, 0.29) is 5.91 Å². The molecule has 1 fully saturated rings. The van der Waals surface area contributed by atoms with E-state index in [4.69, 9.17) is 0 Å². The van der Waals surface area contributed by atoms with Crippen molar-refractivity contribution in [2.24, 2.45) is 5.92 Å². The molecule has 28 heavy (non-hydrogen) atoms. The molecule has 0 spiro atoms. The van der Waals surface area contributed by atoms with Gasteiger partial charge >= 0.3 is 0 Å². The fourth-order valence-corrected chi connectivity index (χ4v) is 3.03. The lowest BCUT2D eigenvalue weighted by atomic mass is 10.2. The number of aromatic amines is 1. The Morgan fingerprint density at radius 2 is 2.04 bits per heavy atom. The quantitative estimate of drug-likeness (QED) is 0.639. The Morgan fingerprint density at radius 3 is 2.79 bits per heavy atom. The summed E-state index contributed by atoms with van der Waals surface area (Å²) < 4.78 is 0. The van der Waals surface area contributed by atoms with Crippen LogP contribution in [0.5, 0.6) is 0 Å². The van der Waals surface area contributed by atoms with Crippen molar-refractivity contribution in [2.45, 2.75) is 40.0 Å². The molecule has 0 unspecified atom stereocenters. The van der Waals surface area contributed by atoms with Gasteiger partial charge in [0, 0.05) is 24.8 Å². The fourth-order valence-electron chi connectivity index (χ4n) is 3.03. The van der Waals surface area contributed by atoms with Crippen LogP contribution in [0.3, 0.4) is 0 Å². The molecule has 148 valence electrons. The van der Waals surface area contributed by atoms with Gasteiger partial charge in [-0.3, -0.25) is 4.79 Å². The molecule has 2 N–H and O–H groups in total. The highest BCUT2D eigenvalue weighted by Crippen LogP contribution is 2.31. The van der Waals surface area contributed by atoms with E-state index in [1.807, 2.05) is 32.0 Å². The predicted molar refractivity (Wildman–Crippen MR) is 113 cm³/mol. The molecule has 0 atom stereocenters. The van der Waals surface area contributed by atoms with Crippen molar-refractivity contribution >= 4 is 28.4 Å². The van der Waals surface area contributed by atoms with E-state index in [0.29, 0.717) is 11.4 Å². The topological polar surface area (TPSA) is 86.8 Å². The molecule has 1 aromatic carbocycles. The number of nitrogens with one attached hydrogen (secondary N) is 2. The van der Waals surface area contributed by atoms with E-state index in [1.54, 1.807) is 12.4 Å². The number of aromatic nitrogens is 4.